The fraction of sp³-hybridized carbons (Fsp3) is 0.526. The van der Waals surface area contributed by atoms with E-state index in [4.69, 9.17) is 5.41 Å². The zero-order chi connectivity index (χ0) is 21.3. The second-order valence-electron chi connectivity index (χ2n) is 7.80. The highest BCUT2D eigenvalue weighted by Gasteiger charge is 2.41. The Labute approximate surface area is 180 Å². The molecule has 2 fully saturated rings. The largest absolute Gasteiger partial charge is 0.467 e. The van der Waals surface area contributed by atoms with Gasteiger partial charge >= 0.3 is 12.1 Å². The summed E-state index contributed by atoms with van der Waals surface area (Å²) < 4.78 is 4.66. The quantitative estimate of drug-likeness (QED) is 0.330. The molecule has 3 atom stereocenters. The molecule has 160 valence electrons. The predicted octanol–water partition coefficient (Wildman–Crippen LogP) is 2.07. The maximum Gasteiger partial charge on any atom is 0.323 e. The molecule has 0 radical (unpaired) electrons. The second kappa shape index (κ2) is 8.50. The number of piperidine rings is 1. The van der Waals surface area contributed by atoms with Crippen LogP contribution in [-0.2, 0) is 4.74 Å². The predicted molar refractivity (Wildman–Crippen MR) is 118 cm³/mol. The van der Waals surface area contributed by atoms with Gasteiger partial charge in [-0.2, -0.15) is 4.99 Å². The summed E-state index contributed by atoms with van der Waals surface area (Å²) in [5, 5.41) is 11.1. The van der Waals surface area contributed by atoms with Crippen molar-refractivity contribution in [2.45, 2.75) is 25.3 Å². The molecule has 11 heteroatoms. The van der Waals surface area contributed by atoms with Crippen LogP contribution in [0.2, 0.25) is 0 Å². The topological polar surface area (TPSA) is 123 Å². The summed E-state index contributed by atoms with van der Waals surface area (Å²) in [5.74, 6) is 1.98. The van der Waals surface area contributed by atoms with Gasteiger partial charge in [-0.3, -0.25) is 5.32 Å². The number of urea groups is 1. The van der Waals surface area contributed by atoms with Gasteiger partial charge in [0.15, 0.2) is 5.17 Å². The zero-order valence-corrected chi connectivity index (χ0v) is 17.9. The Hall–Kier alpha value is -2.82. The van der Waals surface area contributed by atoms with Crippen LogP contribution >= 0.6 is 12.6 Å². The minimum Gasteiger partial charge on any atom is -0.467 e. The van der Waals surface area contributed by atoms with E-state index in [-0.39, 0.29) is 17.2 Å². The number of likely N-dealkylation sites (tertiary alicyclic amines) is 1. The highest BCUT2D eigenvalue weighted by atomic mass is 32.1. The summed E-state index contributed by atoms with van der Waals surface area (Å²) >= 11 is 4.11. The number of amidine groups is 2. The number of hydrogen-bond donors (Lipinski definition) is 4. The maximum atomic E-state index is 12.6. The monoisotopic (exact) mass is 430 g/mol. The van der Waals surface area contributed by atoms with Crippen LogP contribution in [0.3, 0.4) is 0 Å². The van der Waals surface area contributed by atoms with E-state index in [0.717, 1.165) is 36.1 Å². The van der Waals surface area contributed by atoms with Gasteiger partial charge in [0.1, 0.15) is 17.8 Å². The Kier molecular flexibility index (Phi) is 5.80. The fourth-order valence-electron chi connectivity index (χ4n) is 4.61. The number of aliphatic imine (C=N–C) groups is 1. The molecule has 1 aliphatic carbocycles. The van der Waals surface area contributed by atoms with Crippen LogP contribution in [0.5, 0.6) is 0 Å². The Morgan fingerprint density at radius 3 is 3.03 bits per heavy atom. The van der Waals surface area contributed by atoms with Crippen LogP contribution < -0.4 is 10.2 Å². The van der Waals surface area contributed by atoms with Crippen LogP contribution in [0.25, 0.3) is 11.0 Å². The van der Waals surface area contributed by atoms with Crippen LogP contribution in [0.4, 0.5) is 10.6 Å². The van der Waals surface area contributed by atoms with E-state index in [1.54, 1.807) is 11.2 Å². The number of hydrogen-bond acceptors (Lipinski definition) is 6. The number of nitrogens with one attached hydrogen (secondary N) is 3. The van der Waals surface area contributed by atoms with Crippen molar-refractivity contribution in [2.75, 3.05) is 32.1 Å². The number of aromatic nitrogens is 3. The van der Waals surface area contributed by atoms with E-state index < -0.39 is 0 Å². The number of anilines is 1. The molecular weight excluding hydrogens is 404 g/mol. The Bertz CT molecular complexity index is 976. The van der Waals surface area contributed by atoms with E-state index in [0.29, 0.717) is 31.0 Å². The number of carbonyl (C=O) groups is 1. The summed E-state index contributed by atoms with van der Waals surface area (Å²) in [6.45, 7) is 1.40. The molecule has 10 nitrogen and oxygen atoms in total. The standard InChI is InChI=1S/C19H26N8O2S/c1-26(16-14-3-5-21-15(14)22-10-23-16)13-7-11-4-6-27(9-12(11)8-13)19(28)25-18(30)24-17(20)29-2/h3,5,10-13H,4,6-9H2,1-2H3,(H,21,22,23)(H3,20,24,25,28,30). The third kappa shape index (κ3) is 4.07. The summed E-state index contributed by atoms with van der Waals surface area (Å²) in [6.07, 6.45) is 6.56. The first-order valence-electron chi connectivity index (χ1n) is 9.93. The number of aromatic amines is 1. The molecule has 30 heavy (non-hydrogen) atoms. The van der Waals surface area contributed by atoms with Crippen molar-refractivity contribution in [3.63, 3.8) is 0 Å². The molecule has 1 saturated heterocycles. The fourth-order valence-corrected chi connectivity index (χ4v) is 4.80. The van der Waals surface area contributed by atoms with Gasteiger partial charge in [-0.25, -0.2) is 20.2 Å². The molecule has 4 rings (SSSR count). The van der Waals surface area contributed by atoms with Gasteiger partial charge in [0.25, 0.3) is 0 Å². The van der Waals surface area contributed by atoms with Crippen molar-refractivity contribution >= 4 is 46.7 Å². The summed E-state index contributed by atoms with van der Waals surface area (Å²) in [7, 11) is 3.44. The first-order valence-corrected chi connectivity index (χ1v) is 10.4. The van der Waals surface area contributed by atoms with Crippen LogP contribution in [0.1, 0.15) is 19.3 Å². The van der Waals surface area contributed by atoms with Crippen molar-refractivity contribution in [3.8, 4) is 0 Å². The number of thiol groups is 1. The molecule has 2 aromatic rings. The van der Waals surface area contributed by atoms with Gasteiger partial charge in [-0.15, -0.1) is 12.6 Å². The highest BCUT2D eigenvalue weighted by Crippen LogP contribution is 2.41. The number of ether oxygens (including phenoxy) is 1. The first-order chi connectivity index (χ1) is 14.5. The normalized spacial score (nSPS) is 23.9. The van der Waals surface area contributed by atoms with Gasteiger partial charge in [-0.1, -0.05) is 0 Å². The number of nitrogens with zero attached hydrogens (tertiary/aromatic N) is 5. The third-order valence-corrected chi connectivity index (χ3v) is 6.37. The molecule has 0 spiro atoms. The van der Waals surface area contributed by atoms with Gasteiger partial charge < -0.3 is 19.5 Å². The minimum atomic E-state index is -0.304. The molecule has 2 amide bonds. The van der Waals surface area contributed by atoms with E-state index in [9.17, 15) is 4.79 Å². The molecule has 1 aliphatic heterocycles. The Morgan fingerprint density at radius 1 is 1.43 bits per heavy atom. The van der Waals surface area contributed by atoms with Gasteiger partial charge in [0.2, 0.25) is 0 Å². The zero-order valence-electron chi connectivity index (χ0n) is 17.0. The van der Waals surface area contributed by atoms with Crippen LogP contribution in [0.15, 0.2) is 23.6 Å². The number of amides is 2. The van der Waals surface area contributed by atoms with Crippen LogP contribution in [-0.4, -0.2) is 70.4 Å². The van der Waals surface area contributed by atoms with E-state index in [1.165, 1.54) is 7.11 Å². The average Bonchev–Trinajstić information content (AvgIpc) is 3.38. The highest BCUT2D eigenvalue weighted by molar-refractivity contribution is 7.97. The van der Waals surface area contributed by atoms with Crippen molar-refractivity contribution < 1.29 is 9.53 Å². The van der Waals surface area contributed by atoms with Gasteiger partial charge in [-0.05, 0) is 37.2 Å². The van der Waals surface area contributed by atoms with E-state index in [2.05, 4.69) is 54.6 Å². The van der Waals surface area contributed by atoms with Crippen LogP contribution in [0, 0.1) is 17.2 Å². The number of methoxy groups -OCH3 is 1. The molecule has 2 aromatic heterocycles. The van der Waals surface area contributed by atoms with E-state index >= 15 is 0 Å². The molecule has 3 unspecified atom stereocenters. The summed E-state index contributed by atoms with van der Waals surface area (Å²) in [4.78, 5) is 32.3. The lowest BCUT2D eigenvalue weighted by Crippen LogP contribution is -2.48. The average molecular weight is 431 g/mol. The molecular formula is C19H26N8O2S. The smallest absolute Gasteiger partial charge is 0.323 e. The number of fused-ring (bicyclic) bond motifs is 2. The lowest BCUT2D eigenvalue weighted by Gasteiger charge is -2.34. The molecule has 2 aliphatic rings. The van der Waals surface area contributed by atoms with E-state index in [1.807, 2.05) is 12.3 Å². The van der Waals surface area contributed by atoms with Crippen molar-refractivity contribution in [3.05, 3.63) is 18.6 Å². The van der Waals surface area contributed by atoms with Crippen molar-refractivity contribution in [1.82, 2.24) is 25.2 Å². The second-order valence-corrected chi connectivity index (χ2v) is 8.23. The molecule has 1 saturated carbocycles. The molecule has 3 N–H and O–H groups in total. The number of rotatable bonds is 2. The molecule has 0 bridgehead atoms. The van der Waals surface area contributed by atoms with Gasteiger partial charge in [0.05, 0.1) is 12.5 Å². The van der Waals surface area contributed by atoms with Crippen molar-refractivity contribution in [1.29, 1.82) is 5.41 Å². The molecule has 0 aromatic carbocycles. The lowest BCUT2D eigenvalue weighted by atomic mass is 9.89. The number of carbonyl (C=O) groups excluding carboxylic acids is 1. The SMILES string of the molecule is COC(=N)/N=C(\S)NC(=O)N1CCC2CC(N(C)c3ncnc4[nH]ccc34)CC2C1. The lowest BCUT2D eigenvalue weighted by molar-refractivity contribution is 0.148. The van der Waals surface area contributed by atoms with Gasteiger partial charge in [0, 0.05) is 32.4 Å². The Morgan fingerprint density at radius 2 is 2.23 bits per heavy atom. The molecule has 3 heterocycles. The maximum absolute atomic E-state index is 12.6. The van der Waals surface area contributed by atoms with Crippen molar-refractivity contribution in [2.24, 2.45) is 16.8 Å². The number of H-pyrrole nitrogens is 1. The minimum absolute atomic E-state index is 0.0530. The summed E-state index contributed by atoms with van der Waals surface area (Å²) in [5.41, 5.74) is 0.843. The summed E-state index contributed by atoms with van der Waals surface area (Å²) in [6, 6.07) is 1.84. The Balaban J connectivity index is 1.39. The third-order valence-electron chi connectivity index (χ3n) is 6.16. The first kappa shape index (κ1) is 20.5.